The normalized spacial score (nSPS) is 16.5. The summed E-state index contributed by atoms with van der Waals surface area (Å²) in [7, 11) is 3.60. The van der Waals surface area contributed by atoms with Crippen LogP contribution in [0.5, 0.6) is 0 Å². The lowest BCUT2D eigenvalue weighted by Crippen LogP contribution is -2.41. The molecule has 1 N–H and O–H groups in total. The highest BCUT2D eigenvalue weighted by atomic mass is 19.4. The number of hydrogen-bond acceptors (Lipinski definition) is 2. The molecule has 0 aliphatic heterocycles. The van der Waals surface area contributed by atoms with Crippen LogP contribution in [-0.2, 0) is 17.5 Å². The number of alkyl halides is 3. The second-order valence-electron chi connectivity index (χ2n) is 6.90. The Kier molecular flexibility index (Phi) is 6.92. The molecule has 1 aromatic rings. The number of rotatable bonds is 8. The smallest absolute Gasteiger partial charge is 0.382 e. The number of halogens is 3. The maximum atomic E-state index is 12.6. The van der Waals surface area contributed by atoms with E-state index in [1.54, 1.807) is 7.05 Å². The van der Waals surface area contributed by atoms with E-state index in [0.29, 0.717) is 12.0 Å². The van der Waals surface area contributed by atoms with Crippen LogP contribution in [0.4, 0.5) is 13.2 Å². The van der Waals surface area contributed by atoms with Crippen LogP contribution in [0.1, 0.15) is 37.3 Å². The fourth-order valence-electron chi connectivity index (χ4n) is 2.92. The molecule has 1 fully saturated rings. The lowest BCUT2D eigenvalue weighted by atomic mass is 10.0. The van der Waals surface area contributed by atoms with E-state index in [9.17, 15) is 13.2 Å². The molecule has 0 bridgehead atoms. The molecule has 26 heavy (non-hydrogen) atoms. The number of aliphatic imine (C=N–C) groups is 1. The highest BCUT2D eigenvalue weighted by Crippen LogP contribution is 2.48. The fraction of sp³-hybridized carbons (Fsp3) is 0.632. The zero-order valence-electron chi connectivity index (χ0n) is 15.7. The lowest BCUT2D eigenvalue weighted by molar-refractivity contribution is -0.137. The molecular formula is C19H28F3N3O. The molecule has 0 atom stereocenters. The van der Waals surface area contributed by atoms with E-state index >= 15 is 0 Å². The first-order chi connectivity index (χ1) is 12.3. The third kappa shape index (κ3) is 5.90. The Hall–Kier alpha value is -1.76. The molecule has 0 radical (unpaired) electrons. The Morgan fingerprint density at radius 2 is 1.92 bits per heavy atom. The van der Waals surface area contributed by atoms with E-state index in [1.165, 1.54) is 25.0 Å². The molecule has 4 nitrogen and oxygen atoms in total. The van der Waals surface area contributed by atoms with E-state index in [1.807, 2.05) is 18.9 Å². The van der Waals surface area contributed by atoms with Gasteiger partial charge in [0, 0.05) is 40.4 Å². The van der Waals surface area contributed by atoms with Gasteiger partial charge in [-0.05, 0) is 49.3 Å². The zero-order valence-corrected chi connectivity index (χ0v) is 15.7. The maximum Gasteiger partial charge on any atom is 0.416 e. The van der Waals surface area contributed by atoms with E-state index < -0.39 is 11.7 Å². The number of hydrogen-bond donors (Lipinski definition) is 1. The van der Waals surface area contributed by atoms with Crippen LogP contribution in [0, 0.1) is 5.41 Å². The van der Waals surface area contributed by atoms with E-state index in [-0.39, 0.29) is 0 Å². The van der Waals surface area contributed by atoms with Gasteiger partial charge < -0.3 is 15.0 Å². The van der Waals surface area contributed by atoms with Gasteiger partial charge in [-0.15, -0.1) is 0 Å². The van der Waals surface area contributed by atoms with Gasteiger partial charge in [-0.1, -0.05) is 12.1 Å². The molecule has 146 valence electrons. The summed E-state index contributed by atoms with van der Waals surface area (Å²) in [5.41, 5.74) is 0.470. The van der Waals surface area contributed by atoms with Crippen LogP contribution in [0.15, 0.2) is 29.3 Å². The average molecular weight is 371 g/mol. The Morgan fingerprint density at radius 1 is 1.27 bits per heavy atom. The van der Waals surface area contributed by atoms with Gasteiger partial charge in [0.25, 0.3) is 0 Å². The third-order valence-electron chi connectivity index (χ3n) is 4.83. The molecule has 0 saturated heterocycles. The Bertz CT molecular complexity index is 595. The monoisotopic (exact) mass is 371 g/mol. The molecule has 1 saturated carbocycles. The quantitative estimate of drug-likeness (QED) is 0.428. The Labute approximate surface area is 153 Å². The molecule has 0 unspecified atom stereocenters. The topological polar surface area (TPSA) is 36.9 Å². The Balaban J connectivity index is 1.86. The van der Waals surface area contributed by atoms with Crippen molar-refractivity contribution in [1.82, 2.24) is 10.2 Å². The summed E-state index contributed by atoms with van der Waals surface area (Å²) in [4.78, 5) is 6.21. The van der Waals surface area contributed by atoms with Crippen LogP contribution >= 0.6 is 0 Å². The average Bonchev–Trinajstić information content (AvgIpc) is 3.35. The summed E-state index contributed by atoms with van der Waals surface area (Å²) in [5, 5.41) is 3.40. The van der Waals surface area contributed by atoms with Crippen molar-refractivity contribution in [2.75, 3.05) is 33.9 Å². The van der Waals surface area contributed by atoms with Crippen LogP contribution in [0.25, 0.3) is 0 Å². The molecule has 0 aromatic heterocycles. The minimum absolute atomic E-state index is 0.292. The number of benzene rings is 1. The van der Waals surface area contributed by atoms with Gasteiger partial charge in [-0.3, -0.25) is 4.99 Å². The first-order valence-corrected chi connectivity index (χ1v) is 8.95. The van der Waals surface area contributed by atoms with Gasteiger partial charge in [-0.25, -0.2) is 0 Å². The predicted molar refractivity (Wildman–Crippen MR) is 97.0 cm³/mol. The summed E-state index contributed by atoms with van der Waals surface area (Å²) in [6.45, 7) is 4.84. The molecular weight excluding hydrogens is 343 g/mol. The van der Waals surface area contributed by atoms with Crippen molar-refractivity contribution < 1.29 is 17.9 Å². The minimum atomic E-state index is -4.30. The van der Waals surface area contributed by atoms with Crippen LogP contribution in [-0.4, -0.2) is 44.7 Å². The minimum Gasteiger partial charge on any atom is -0.382 e. The van der Waals surface area contributed by atoms with Crippen molar-refractivity contribution in [3.63, 3.8) is 0 Å². The predicted octanol–water partition coefficient (Wildman–Crippen LogP) is 3.92. The molecule has 1 aliphatic rings. The van der Waals surface area contributed by atoms with Gasteiger partial charge in [0.1, 0.15) is 0 Å². The van der Waals surface area contributed by atoms with Crippen LogP contribution in [0.3, 0.4) is 0 Å². The second-order valence-corrected chi connectivity index (χ2v) is 6.90. The van der Waals surface area contributed by atoms with Crippen molar-refractivity contribution >= 4 is 5.96 Å². The van der Waals surface area contributed by atoms with Gasteiger partial charge in [-0.2, -0.15) is 13.2 Å². The molecule has 2 rings (SSSR count). The zero-order chi connectivity index (χ0) is 19.2. The number of nitrogens with one attached hydrogen (secondary N) is 1. The number of guanidine groups is 1. The van der Waals surface area contributed by atoms with Gasteiger partial charge in [0.2, 0.25) is 0 Å². The van der Waals surface area contributed by atoms with Crippen molar-refractivity contribution in [2.24, 2.45) is 10.4 Å². The second kappa shape index (κ2) is 8.75. The van der Waals surface area contributed by atoms with Crippen LogP contribution < -0.4 is 5.32 Å². The van der Waals surface area contributed by atoms with Crippen molar-refractivity contribution in [3.8, 4) is 0 Å². The summed E-state index contributed by atoms with van der Waals surface area (Å²) in [5.74, 6) is 0.743. The summed E-state index contributed by atoms with van der Waals surface area (Å²) in [6.07, 6.45) is -0.894. The van der Waals surface area contributed by atoms with Gasteiger partial charge >= 0.3 is 6.18 Å². The van der Waals surface area contributed by atoms with Gasteiger partial charge in [0.15, 0.2) is 5.96 Å². The van der Waals surface area contributed by atoms with Crippen molar-refractivity contribution in [2.45, 2.75) is 38.9 Å². The van der Waals surface area contributed by atoms with Crippen molar-refractivity contribution in [3.05, 3.63) is 35.4 Å². The highest BCUT2D eigenvalue weighted by Gasteiger charge is 2.42. The van der Waals surface area contributed by atoms with Gasteiger partial charge in [0.05, 0.1) is 5.56 Å². The van der Waals surface area contributed by atoms with Crippen molar-refractivity contribution in [1.29, 1.82) is 0 Å². The molecule has 0 heterocycles. The molecule has 0 spiro atoms. The summed E-state index contributed by atoms with van der Waals surface area (Å²) >= 11 is 0. The Morgan fingerprint density at radius 3 is 2.42 bits per heavy atom. The molecule has 1 aliphatic carbocycles. The first kappa shape index (κ1) is 20.6. The lowest BCUT2D eigenvalue weighted by Gasteiger charge is -2.25. The molecule has 7 heteroatoms. The molecule has 1 aromatic carbocycles. The summed E-state index contributed by atoms with van der Waals surface area (Å²) < 4.78 is 43.4. The van der Waals surface area contributed by atoms with E-state index in [2.05, 4.69) is 10.3 Å². The highest BCUT2D eigenvalue weighted by molar-refractivity contribution is 5.79. The fourth-order valence-corrected chi connectivity index (χ4v) is 2.92. The number of ether oxygens (including phenoxy) is 1. The molecule has 0 amide bonds. The van der Waals surface area contributed by atoms with E-state index in [0.717, 1.165) is 49.8 Å². The first-order valence-electron chi connectivity index (χ1n) is 8.95. The van der Waals surface area contributed by atoms with E-state index in [4.69, 9.17) is 4.74 Å². The maximum absolute atomic E-state index is 12.6. The standard InChI is InChI=1S/C19H28F3N3O/c1-4-26-12-11-18(9-10-18)14-24-17(23-2)25(3)13-15-5-7-16(8-6-15)19(20,21)22/h5-8H,4,9-14H2,1-3H3,(H,23,24). The number of nitrogens with zero attached hydrogens (tertiary/aromatic N) is 2. The van der Waals surface area contributed by atoms with Crippen LogP contribution in [0.2, 0.25) is 0 Å². The SMILES string of the molecule is CCOCCC1(CNC(=NC)N(C)Cc2ccc(C(F)(F)F)cc2)CC1. The summed E-state index contributed by atoms with van der Waals surface area (Å²) in [6, 6.07) is 5.26. The largest absolute Gasteiger partial charge is 0.416 e. The third-order valence-corrected chi connectivity index (χ3v) is 4.83.